The van der Waals surface area contributed by atoms with E-state index in [0.717, 1.165) is 43.3 Å². The van der Waals surface area contributed by atoms with Gasteiger partial charge in [-0.15, -0.1) is 0 Å². The van der Waals surface area contributed by atoms with Gasteiger partial charge in [-0.3, -0.25) is 0 Å². The van der Waals surface area contributed by atoms with Gasteiger partial charge in [0.25, 0.3) is 0 Å². The summed E-state index contributed by atoms with van der Waals surface area (Å²) in [4.78, 5) is 22.9. The lowest BCUT2D eigenvalue weighted by molar-refractivity contribution is 0.0697. The van der Waals surface area contributed by atoms with Crippen LogP contribution in [0.3, 0.4) is 0 Å². The fourth-order valence-corrected chi connectivity index (χ4v) is 4.02. The molecule has 28 heavy (non-hydrogen) atoms. The molecule has 0 bridgehead atoms. The zero-order valence-corrected chi connectivity index (χ0v) is 16.0. The summed E-state index contributed by atoms with van der Waals surface area (Å²) in [7, 11) is 0. The maximum absolute atomic E-state index is 11.7. The van der Waals surface area contributed by atoms with Crippen LogP contribution in [0.1, 0.15) is 42.5 Å². The quantitative estimate of drug-likeness (QED) is 0.733. The largest absolute Gasteiger partial charge is 0.478 e. The molecule has 0 unspecified atom stereocenters. The van der Waals surface area contributed by atoms with Gasteiger partial charge < -0.3 is 20.6 Å². The second-order valence-electron chi connectivity index (χ2n) is 7.52. The number of carbonyl (C=O) groups is 1. The summed E-state index contributed by atoms with van der Waals surface area (Å²) in [6.07, 6.45) is 8.01. The molecule has 1 aliphatic heterocycles. The van der Waals surface area contributed by atoms with Crippen LogP contribution in [0.4, 0.5) is 11.6 Å². The number of pyridine rings is 2. The fourth-order valence-electron chi connectivity index (χ4n) is 4.02. The lowest BCUT2D eigenvalue weighted by Gasteiger charge is -2.29. The van der Waals surface area contributed by atoms with Crippen molar-refractivity contribution in [3.8, 4) is 11.3 Å². The highest BCUT2D eigenvalue weighted by Crippen LogP contribution is 2.27. The van der Waals surface area contributed by atoms with Crippen LogP contribution in [0.15, 0.2) is 30.5 Å². The zero-order valence-electron chi connectivity index (χ0n) is 16.0. The predicted molar refractivity (Wildman–Crippen MR) is 110 cm³/mol. The molecule has 2 aromatic heterocycles. The highest BCUT2D eigenvalue weighted by Gasteiger charge is 2.21. The van der Waals surface area contributed by atoms with Crippen LogP contribution < -0.4 is 15.5 Å². The third-order valence-corrected chi connectivity index (χ3v) is 5.53. The highest BCUT2D eigenvalue weighted by molar-refractivity contribution is 5.94. The summed E-state index contributed by atoms with van der Waals surface area (Å²) < 4.78 is 0. The lowest BCUT2D eigenvalue weighted by Crippen LogP contribution is -2.44. The first kappa shape index (κ1) is 18.7. The molecule has 0 aromatic carbocycles. The third-order valence-electron chi connectivity index (χ3n) is 5.53. The van der Waals surface area contributed by atoms with E-state index in [0.29, 0.717) is 11.9 Å². The van der Waals surface area contributed by atoms with Gasteiger partial charge in [0, 0.05) is 44.0 Å². The Morgan fingerprint density at radius 3 is 2.68 bits per heavy atom. The van der Waals surface area contributed by atoms with Crippen LogP contribution in [0.2, 0.25) is 0 Å². The summed E-state index contributed by atoms with van der Waals surface area (Å²) in [5.74, 6) is 0.462. The van der Waals surface area contributed by atoms with E-state index in [2.05, 4.69) is 15.6 Å². The Balaban J connectivity index is 1.61. The third kappa shape index (κ3) is 4.25. The molecule has 3 heterocycles. The van der Waals surface area contributed by atoms with E-state index in [-0.39, 0.29) is 5.56 Å². The highest BCUT2D eigenvalue weighted by atomic mass is 16.4. The lowest BCUT2D eigenvalue weighted by atomic mass is 9.95. The van der Waals surface area contributed by atoms with Crippen LogP contribution >= 0.6 is 0 Å². The van der Waals surface area contributed by atoms with Crippen molar-refractivity contribution in [2.24, 2.45) is 0 Å². The zero-order chi connectivity index (χ0) is 19.3. The molecule has 148 valence electrons. The average molecular weight is 381 g/mol. The van der Waals surface area contributed by atoms with Gasteiger partial charge >= 0.3 is 5.97 Å². The van der Waals surface area contributed by atoms with Crippen LogP contribution in [0.25, 0.3) is 11.3 Å². The monoisotopic (exact) mass is 381 g/mol. The van der Waals surface area contributed by atoms with Crippen molar-refractivity contribution in [3.05, 3.63) is 36.0 Å². The standard InChI is InChI=1S/C21H27N5O2/c27-21(28)17-6-7-18(25-20(17)26-12-10-22-11-13-26)15-8-9-23-19(14-15)24-16-4-2-1-3-5-16/h6-9,14,16,22H,1-5,10-13H2,(H,23,24)(H,27,28). The first-order chi connectivity index (χ1) is 13.7. The molecule has 2 aliphatic rings. The number of anilines is 2. The smallest absolute Gasteiger partial charge is 0.339 e. The summed E-state index contributed by atoms with van der Waals surface area (Å²) in [6.45, 7) is 3.16. The summed E-state index contributed by atoms with van der Waals surface area (Å²) in [5, 5.41) is 16.4. The van der Waals surface area contributed by atoms with Gasteiger partial charge in [-0.05, 0) is 37.1 Å². The number of rotatable bonds is 5. The van der Waals surface area contributed by atoms with E-state index in [1.54, 1.807) is 18.3 Å². The predicted octanol–water partition coefficient (Wildman–Crippen LogP) is 3.00. The van der Waals surface area contributed by atoms with Crippen molar-refractivity contribution in [2.75, 3.05) is 36.4 Å². The Hall–Kier alpha value is -2.67. The van der Waals surface area contributed by atoms with Crippen LogP contribution in [-0.2, 0) is 0 Å². The molecule has 2 fully saturated rings. The van der Waals surface area contributed by atoms with Crippen molar-refractivity contribution in [2.45, 2.75) is 38.1 Å². The van der Waals surface area contributed by atoms with Crippen molar-refractivity contribution < 1.29 is 9.90 Å². The van der Waals surface area contributed by atoms with Crippen molar-refractivity contribution >= 4 is 17.6 Å². The van der Waals surface area contributed by atoms with E-state index in [1.807, 2.05) is 17.0 Å². The molecule has 7 nitrogen and oxygen atoms in total. The number of carboxylic acids is 1. The van der Waals surface area contributed by atoms with E-state index < -0.39 is 5.97 Å². The van der Waals surface area contributed by atoms with E-state index in [4.69, 9.17) is 4.98 Å². The number of piperazine rings is 1. The summed E-state index contributed by atoms with van der Waals surface area (Å²) >= 11 is 0. The molecular weight excluding hydrogens is 354 g/mol. The minimum Gasteiger partial charge on any atom is -0.478 e. The summed E-state index contributed by atoms with van der Waals surface area (Å²) in [5.41, 5.74) is 1.97. The Bertz CT molecular complexity index is 829. The number of aromatic carboxylic acids is 1. The number of nitrogens with one attached hydrogen (secondary N) is 2. The van der Waals surface area contributed by atoms with Gasteiger partial charge in [0.1, 0.15) is 17.2 Å². The second kappa shape index (κ2) is 8.56. The second-order valence-corrected chi connectivity index (χ2v) is 7.52. The number of hydrogen-bond donors (Lipinski definition) is 3. The normalized spacial score (nSPS) is 18.1. The number of aromatic nitrogens is 2. The molecular formula is C21H27N5O2. The molecule has 0 atom stereocenters. The molecule has 1 saturated heterocycles. The molecule has 0 spiro atoms. The maximum atomic E-state index is 11.7. The van der Waals surface area contributed by atoms with Gasteiger partial charge in [-0.25, -0.2) is 14.8 Å². The molecule has 1 saturated carbocycles. The first-order valence-corrected chi connectivity index (χ1v) is 10.1. The van der Waals surface area contributed by atoms with Crippen molar-refractivity contribution in [1.29, 1.82) is 0 Å². The molecule has 3 N–H and O–H groups in total. The fraction of sp³-hybridized carbons (Fsp3) is 0.476. The number of hydrogen-bond acceptors (Lipinski definition) is 6. The molecule has 1 aliphatic carbocycles. The topological polar surface area (TPSA) is 90.4 Å². The van der Waals surface area contributed by atoms with Gasteiger partial charge in [-0.1, -0.05) is 19.3 Å². The van der Waals surface area contributed by atoms with Crippen molar-refractivity contribution in [3.63, 3.8) is 0 Å². The number of carboxylic acid groups (broad SMARTS) is 1. The molecule has 4 rings (SSSR count). The van der Waals surface area contributed by atoms with E-state index in [1.165, 1.54) is 32.1 Å². The Morgan fingerprint density at radius 1 is 1.14 bits per heavy atom. The van der Waals surface area contributed by atoms with Gasteiger partial charge in [0.2, 0.25) is 0 Å². The van der Waals surface area contributed by atoms with E-state index in [9.17, 15) is 9.90 Å². The molecule has 0 amide bonds. The molecule has 7 heteroatoms. The van der Waals surface area contributed by atoms with Crippen LogP contribution in [0.5, 0.6) is 0 Å². The van der Waals surface area contributed by atoms with Gasteiger partial charge in [-0.2, -0.15) is 0 Å². The van der Waals surface area contributed by atoms with Crippen LogP contribution in [0, 0.1) is 0 Å². The maximum Gasteiger partial charge on any atom is 0.339 e. The molecule has 2 aromatic rings. The SMILES string of the molecule is O=C(O)c1ccc(-c2ccnc(NC3CCCCC3)c2)nc1N1CCNCC1. The Kier molecular flexibility index (Phi) is 5.71. The minimum absolute atomic E-state index is 0.250. The Labute approximate surface area is 165 Å². The van der Waals surface area contributed by atoms with E-state index >= 15 is 0 Å². The Morgan fingerprint density at radius 2 is 1.93 bits per heavy atom. The first-order valence-electron chi connectivity index (χ1n) is 10.1. The van der Waals surface area contributed by atoms with Gasteiger partial charge in [0.15, 0.2) is 0 Å². The summed E-state index contributed by atoms with van der Waals surface area (Å²) in [6, 6.07) is 7.87. The average Bonchev–Trinajstić information content (AvgIpc) is 2.75. The molecule has 0 radical (unpaired) electrons. The van der Waals surface area contributed by atoms with Gasteiger partial charge in [0.05, 0.1) is 5.69 Å². The minimum atomic E-state index is -0.943. The van der Waals surface area contributed by atoms with Crippen molar-refractivity contribution in [1.82, 2.24) is 15.3 Å². The number of nitrogens with zero attached hydrogens (tertiary/aromatic N) is 3. The van der Waals surface area contributed by atoms with Crippen LogP contribution in [-0.4, -0.2) is 53.3 Å².